The minimum atomic E-state index is -0.782. The van der Waals surface area contributed by atoms with Gasteiger partial charge in [0.1, 0.15) is 6.61 Å². The Morgan fingerprint density at radius 1 is 0.939 bits per heavy atom. The predicted octanol–water partition coefficient (Wildman–Crippen LogP) is 3.53. The van der Waals surface area contributed by atoms with Crippen LogP contribution in [0, 0.1) is 17.8 Å². The molecule has 3 aliphatic carbocycles. The van der Waals surface area contributed by atoms with Crippen LogP contribution < -0.4 is 10.6 Å². The summed E-state index contributed by atoms with van der Waals surface area (Å²) in [6, 6.07) is 16.5. The van der Waals surface area contributed by atoms with Crippen molar-refractivity contribution in [3.63, 3.8) is 0 Å². The van der Waals surface area contributed by atoms with E-state index in [9.17, 15) is 14.4 Å². The molecule has 0 aromatic heterocycles. The van der Waals surface area contributed by atoms with Gasteiger partial charge in [-0.1, -0.05) is 48.5 Å². The first kappa shape index (κ1) is 21.5. The third-order valence-electron chi connectivity index (χ3n) is 7.18. The second kappa shape index (κ2) is 8.89. The zero-order chi connectivity index (χ0) is 22.9. The molecule has 3 aliphatic rings. The Labute approximate surface area is 192 Å². The molecule has 2 atom stereocenters. The van der Waals surface area contributed by atoms with Gasteiger partial charge in [0.15, 0.2) is 0 Å². The van der Waals surface area contributed by atoms with E-state index in [2.05, 4.69) is 34.9 Å². The van der Waals surface area contributed by atoms with Crippen molar-refractivity contribution in [3.8, 4) is 11.1 Å². The molecule has 2 fully saturated rings. The third-order valence-corrected chi connectivity index (χ3v) is 7.18. The van der Waals surface area contributed by atoms with Crippen LogP contribution in [0.2, 0.25) is 0 Å². The van der Waals surface area contributed by atoms with Crippen molar-refractivity contribution in [2.45, 2.75) is 37.6 Å². The predicted molar refractivity (Wildman–Crippen MR) is 122 cm³/mol. The number of carbonyl (C=O) groups excluding carboxylic acids is 2. The normalized spacial score (nSPS) is 24.7. The molecule has 0 unspecified atom stereocenters. The fourth-order valence-corrected chi connectivity index (χ4v) is 5.18. The minimum Gasteiger partial charge on any atom is -0.481 e. The largest absolute Gasteiger partial charge is 0.481 e. The molecule has 2 aromatic rings. The summed E-state index contributed by atoms with van der Waals surface area (Å²) in [5, 5.41) is 14.7. The van der Waals surface area contributed by atoms with E-state index in [4.69, 9.17) is 9.84 Å². The zero-order valence-electron chi connectivity index (χ0n) is 18.3. The van der Waals surface area contributed by atoms with Gasteiger partial charge in [0.2, 0.25) is 5.91 Å². The summed E-state index contributed by atoms with van der Waals surface area (Å²) in [5.74, 6) is -0.798. The number of nitrogens with one attached hydrogen (secondary N) is 2. The van der Waals surface area contributed by atoms with Gasteiger partial charge in [-0.05, 0) is 53.4 Å². The Kier molecular flexibility index (Phi) is 5.79. The van der Waals surface area contributed by atoms with Gasteiger partial charge in [-0.3, -0.25) is 9.59 Å². The van der Waals surface area contributed by atoms with E-state index >= 15 is 0 Å². The van der Waals surface area contributed by atoms with Crippen molar-refractivity contribution in [1.82, 2.24) is 10.6 Å². The fraction of sp³-hybridized carbons (Fsp3) is 0.423. The molecule has 0 saturated heterocycles. The Hall–Kier alpha value is -3.35. The molecule has 0 spiro atoms. The lowest BCUT2D eigenvalue weighted by molar-refractivity contribution is -0.139. The van der Waals surface area contributed by atoms with E-state index in [1.165, 1.54) is 22.3 Å². The number of amides is 2. The van der Waals surface area contributed by atoms with E-state index in [0.29, 0.717) is 19.4 Å². The summed E-state index contributed by atoms with van der Waals surface area (Å²) >= 11 is 0. The number of benzene rings is 2. The van der Waals surface area contributed by atoms with Crippen LogP contribution in [0.4, 0.5) is 4.79 Å². The van der Waals surface area contributed by atoms with Crippen LogP contribution in [0.25, 0.3) is 11.1 Å². The van der Waals surface area contributed by atoms with Crippen LogP contribution in [0.1, 0.15) is 42.7 Å². The number of carbonyl (C=O) groups is 3. The topological polar surface area (TPSA) is 105 Å². The number of hydrogen-bond donors (Lipinski definition) is 3. The monoisotopic (exact) mass is 448 g/mol. The van der Waals surface area contributed by atoms with E-state index in [-0.39, 0.29) is 42.2 Å². The highest BCUT2D eigenvalue weighted by molar-refractivity contribution is 5.79. The molecule has 3 N–H and O–H groups in total. The second-order valence-corrected chi connectivity index (χ2v) is 9.45. The number of carboxylic acids is 1. The first-order chi connectivity index (χ1) is 16.0. The Morgan fingerprint density at radius 2 is 1.58 bits per heavy atom. The van der Waals surface area contributed by atoms with Gasteiger partial charge in [-0.25, -0.2) is 4.79 Å². The van der Waals surface area contributed by atoms with Crippen molar-refractivity contribution >= 4 is 18.0 Å². The van der Waals surface area contributed by atoms with E-state index in [1.54, 1.807) is 0 Å². The molecule has 7 heteroatoms. The van der Waals surface area contributed by atoms with Crippen LogP contribution in [-0.2, 0) is 14.3 Å². The van der Waals surface area contributed by atoms with Crippen molar-refractivity contribution in [1.29, 1.82) is 0 Å². The highest BCUT2D eigenvalue weighted by Gasteiger charge is 2.43. The van der Waals surface area contributed by atoms with Crippen LogP contribution >= 0.6 is 0 Å². The standard InChI is InChI=1S/C26H28N2O5/c29-24(27-13-16-12-22(16)25(30)31)11-15-9-17(10-15)28-26(32)33-14-23-20-7-3-1-5-18(20)19-6-2-4-8-21(19)23/h1-8,15-17,22-23H,9-14H2,(H,27,29)(H,28,32)(H,30,31)/t15?,16-,17?,22-/m0/s1. The van der Waals surface area contributed by atoms with Gasteiger partial charge in [-0.2, -0.15) is 0 Å². The first-order valence-corrected chi connectivity index (χ1v) is 11.6. The average molecular weight is 449 g/mol. The molecule has 172 valence electrons. The molecule has 0 radical (unpaired) electrons. The Bertz CT molecular complexity index is 1030. The quantitative estimate of drug-likeness (QED) is 0.573. The lowest BCUT2D eigenvalue weighted by Gasteiger charge is -2.35. The highest BCUT2D eigenvalue weighted by Crippen LogP contribution is 2.44. The average Bonchev–Trinajstić information content (AvgIpc) is 3.51. The molecular formula is C26H28N2O5. The number of fused-ring (bicyclic) bond motifs is 3. The summed E-state index contributed by atoms with van der Waals surface area (Å²) < 4.78 is 5.59. The lowest BCUT2D eigenvalue weighted by atomic mass is 9.78. The van der Waals surface area contributed by atoms with E-state index in [1.807, 2.05) is 24.3 Å². The molecule has 33 heavy (non-hydrogen) atoms. The SMILES string of the molecule is O=C(CC1CC(NC(=O)OCC2c3ccccc3-c3ccccc32)C1)NC[C@@H]1C[C@@H]1C(=O)O. The highest BCUT2D eigenvalue weighted by atomic mass is 16.5. The lowest BCUT2D eigenvalue weighted by Crippen LogP contribution is -2.46. The van der Waals surface area contributed by atoms with Gasteiger partial charge in [-0.15, -0.1) is 0 Å². The summed E-state index contributed by atoms with van der Waals surface area (Å²) in [5.41, 5.74) is 4.76. The molecule has 7 nitrogen and oxygen atoms in total. The number of ether oxygens (including phenoxy) is 1. The van der Waals surface area contributed by atoms with Crippen LogP contribution in [0.5, 0.6) is 0 Å². The number of rotatable bonds is 8. The van der Waals surface area contributed by atoms with E-state index < -0.39 is 12.1 Å². The number of hydrogen-bond acceptors (Lipinski definition) is 4. The second-order valence-electron chi connectivity index (χ2n) is 9.45. The van der Waals surface area contributed by atoms with Crippen molar-refractivity contribution < 1.29 is 24.2 Å². The molecule has 0 aliphatic heterocycles. The Morgan fingerprint density at radius 3 is 2.18 bits per heavy atom. The van der Waals surface area contributed by atoms with Gasteiger partial charge in [0.25, 0.3) is 0 Å². The number of alkyl carbamates (subject to hydrolysis) is 1. The molecule has 5 rings (SSSR count). The van der Waals surface area contributed by atoms with Gasteiger partial charge in [0, 0.05) is 24.9 Å². The molecule has 2 saturated carbocycles. The summed E-state index contributed by atoms with van der Waals surface area (Å²) in [7, 11) is 0. The van der Waals surface area contributed by atoms with Gasteiger partial charge >= 0.3 is 12.1 Å². The van der Waals surface area contributed by atoms with Crippen molar-refractivity contribution in [2.75, 3.05) is 13.2 Å². The zero-order valence-corrected chi connectivity index (χ0v) is 18.3. The number of aliphatic carboxylic acids is 1. The van der Waals surface area contributed by atoms with E-state index in [0.717, 1.165) is 12.8 Å². The van der Waals surface area contributed by atoms with Crippen LogP contribution in [0.15, 0.2) is 48.5 Å². The minimum absolute atomic E-state index is 0.0262. The van der Waals surface area contributed by atoms with Gasteiger partial charge in [0.05, 0.1) is 5.92 Å². The molecule has 0 heterocycles. The van der Waals surface area contributed by atoms with Crippen molar-refractivity contribution in [2.24, 2.45) is 17.8 Å². The number of carboxylic acid groups (broad SMARTS) is 1. The maximum absolute atomic E-state index is 12.4. The van der Waals surface area contributed by atoms with Gasteiger partial charge < -0.3 is 20.5 Å². The molecular weight excluding hydrogens is 420 g/mol. The van der Waals surface area contributed by atoms with Crippen LogP contribution in [-0.4, -0.2) is 42.3 Å². The molecule has 0 bridgehead atoms. The van der Waals surface area contributed by atoms with Crippen LogP contribution in [0.3, 0.4) is 0 Å². The summed E-state index contributed by atoms with van der Waals surface area (Å²) in [6.07, 6.45) is 2.13. The van der Waals surface area contributed by atoms with Crippen molar-refractivity contribution in [3.05, 3.63) is 59.7 Å². The smallest absolute Gasteiger partial charge is 0.407 e. The summed E-state index contributed by atoms with van der Waals surface area (Å²) in [6.45, 7) is 0.723. The molecule has 2 aromatic carbocycles. The first-order valence-electron chi connectivity index (χ1n) is 11.6. The maximum Gasteiger partial charge on any atom is 0.407 e. The maximum atomic E-state index is 12.4. The third kappa shape index (κ3) is 4.58. The fourth-order valence-electron chi connectivity index (χ4n) is 5.18. The Balaban J connectivity index is 1.03. The molecule has 2 amide bonds. The summed E-state index contributed by atoms with van der Waals surface area (Å²) in [4.78, 5) is 35.3.